The number of aryl methyl sites for hydroxylation is 1. The molecule has 0 amide bonds. The Morgan fingerprint density at radius 3 is 2.71 bits per heavy atom. The number of thiazole rings is 1. The van der Waals surface area contributed by atoms with Crippen LogP contribution in [0.1, 0.15) is 23.7 Å². The van der Waals surface area contributed by atoms with Crippen molar-refractivity contribution in [3.63, 3.8) is 0 Å². The third kappa shape index (κ3) is 5.81. The minimum Gasteiger partial charge on any atom is -0.489 e. The fourth-order valence-corrected chi connectivity index (χ4v) is 2.80. The van der Waals surface area contributed by atoms with Crippen molar-refractivity contribution in [1.29, 1.82) is 0 Å². The number of guanidine groups is 1. The molecule has 0 saturated heterocycles. The molecule has 2 rings (SSSR count). The lowest BCUT2D eigenvalue weighted by Crippen LogP contribution is -2.41. The van der Waals surface area contributed by atoms with E-state index in [1.54, 1.807) is 30.5 Å². The summed E-state index contributed by atoms with van der Waals surface area (Å²) in [5.41, 5.74) is 0. The Morgan fingerprint density at radius 2 is 2.08 bits per heavy atom. The van der Waals surface area contributed by atoms with E-state index in [0.717, 1.165) is 11.4 Å². The standard InChI is InChI=1S/C17H23FN4OS/c1-4-15-10-20-16(24-15)11-22-17(19-3)21-9-12(2)23-14-7-5-13(18)6-8-14/h5-8,10,12H,4,9,11H2,1-3H3,(H2,19,21,22). The molecule has 0 saturated carbocycles. The maximum Gasteiger partial charge on any atom is 0.191 e. The molecule has 24 heavy (non-hydrogen) atoms. The van der Waals surface area contributed by atoms with Crippen LogP contribution >= 0.6 is 11.3 Å². The van der Waals surface area contributed by atoms with E-state index in [1.165, 1.54) is 17.0 Å². The van der Waals surface area contributed by atoms with Crippen LogP contribution in [0.2, 0.25) is 0 Å². The molecule has 5 nitrogen and oxygen atoms in total. The van der Waals surface area contributed by atoms with Crippen molar-refractivity contribution < 1.29 is 9.13 Å². The number of hydrogen-bond donors (Lipinski definition) is 2. The Balaban J connectivity index is 1.75. The summed E-state index contributed by atoms with van der Waals surface area (Å²) in [5, 5.41) is 7.47. The Hall–Kier alpha value is -2.15. The van der Waals surface area contributed by atoms with E-state index in [4.69, 9.17) is 4.74 Å². The topological polar surface area (TPSA) is 58.5 Å². The fourth-order valence-electron chi connectivity index (χ4n) is 2.00. The second-order valence-electron chi connectivity index (χ2n) is 5.26. The van der Waals surface area contributed by atoms with Crippen LogP contribution in [0.4, 0.5) is 4.39 Å². The lowest BCUT2D eigenvalue weighted by Gasteiger charge is -2.17. The summed E-state index contributed by atoms with van der Waals surface area (Å²) < 4.78 is 18.6. The molecule has 0 bridgehead atoms. The Morgan fingerprint density at radius 1 is 1.33 bits per heavy atom. The predicted molar refractivity (Wildman–Crippen MR) is 96.2 cm³/mol. The van der Waals surface area contributed by atoms with Crippen LogP contribution in [0.5, 0.6) is 5.75 Å². The molecule has 0 aliphatic carbocycles. The van der Waals surface area contributed by atoms with E-state index in [-0.39, 0.29) is 11.9 Å². The summed E-state index contributed by atoms with van der Waals surface area (Å²) in [7, 11) is 1.72. The Labute approximate surface area is 146 Å². The summed E-state index contributed by atoms with van der Waals surface area (Å²) in [6, 6.07) is 6.00. The first-order valence-electron chi connectivity index (χ1n) is 7.91. The molecule has 1 aromatic heterocycles. The Kier molecular flexibility index (Phi) is 6.99. The molecule has 0 aliphatic heterocycles. The van der Waals surface area contributed by atoms with E-state index >= 15 is 0 Å². The molecule has 0 spiro atoms. The average molecular weight is 350 g/mol. The van der Waals surface area contributed by atoms with Gasteiger partial charge in [-0.3, -0.25) is 4.99 Å². The van der Waals surface area contributed by atoms with Gasteiger partial charge in [-0.1, -0.05) is 6.92 Å². The molecule has 0 aliphatic rings. The lowest BCUT2D eigenvalue weighted by molar-refractivity contribution is 0.223. The zero-order chi connectivity index (χ0) is 17.4. The number of aliphatic imine (C=N–C) groups is 1. The number of benzene rings is 1. The quantitative estimate of drug-likeness (QED) is 0.595. The van der Waals surface area contributed by atoms with Crippen molar-refractivity contribution in [3.8, 4) is 5.75 Å². The molecule has 1 aromatic carbocycles. The molecule has 2 N–H and O–H groups in total. The van der Waals surface area contributed by atoms with Gasteiger partial charge >= 0.3 is 0 Å². The minimum absolute atomic E-state index is 0.0828. The van der Waals surface area contributed by atoms with E-state index in [0.29, 0.717) is 24.8 Å². The van der Waals surface area contributed by atoms with Crippen LogP contribution in [0.25, 0.3) is 0 Å². The second-order valence-corrected chi connectivity index (χ2v) is 6.46. The normalized spacial score (nSPS) is 12.8. The summed E-state index contributed by atoms with van der Waals surface area (Å²) >= 11 is 1.70. The van der Waals surface area contributed by atoms with Gasteiger partial charge in [-0.15, -0.1) is 11.3 Å². The van der Waals surface area contributed by atoms with E-state index < -0.39 is 0 Å². The first kappa shape index (κ1) is 18.2. The molecular weight excluding hydrogens is 327 g/mol. The van der Waals surface area contributed by atoms with Crippen LogP contribution < -0.4 is 15.4 Å². The number of hydrogen-bond acceptors (Lipinski definition) is 4. The lowest BCUT2D eigenvalue weighted by atomic mass is 10.3. The zero-order valence-corrected chi connectivity index (χ0v) is 15.0. The van der Waals surface area contributed by atoms with Crippen LogP contribution in [0.15, 0.2) is 35.5 Å². The number of ether oxygens (including phenoxy) is 1. The van der Waals surface area contributed by atoms with Gasteiger partial charge in [0.25, 0.3) is 0 Å². The molecule has 1 heterocycles. The van der Waals surface area contributed by atoms with E-state index in [1.807, 2.05) is 13.1 Å². The van der Waals surface area contributed by atoms with Crippen molar-refractivity contribution in [1.82, 2.24) is 15.6 Å². The smallest absolute Gasteiger partial charge is 0.191 e. The number of nitrogens with zero attached hydrogens (tertiary/aromatic N) is 2. The van der Waals surface area contributed by atoms with Gasteiger partial charge in [0, 0.05) is 18.1 Å². The van der Waals surface area contributed by atoms with Gasteiger partial charge in [0.05, 0.1) is 13.1 Å². The SMILES string of the molecule is CCc1cnc(CNC(=NC)NCC(C)Oc2ccc(F)cc2)s1. The molecule has 1 unspecified atom stereocenters. The van der Waals surface area contributed by atoms with Crippen molar-refractivity contribution in [2.45, 2.75) is 32.9 Å². The third-order valence-corrected chi connectivity index (χ3v) is 4.43. The van der Waals surface area contributed by atoms with Crippen molar-refractivity contribution in [3.05, 3.63) is 46.2 Å². The summed E-state index contributed by atoms with van der Waals surface area (Å²) in [5.74, 6) is 1.06. The van der Waals surface area contributed by atoms with Gasteiger partial charge in [0.2, 0.25) is 0 Å². The van der Waals surface area contributed by atoms with Crippen molar-refractivity contribution in [2.75, 3.05) is 13.6 Å². The highest BCUT2D eigenvalue weighted by atomic mass is 32.1. The van der Waals surface area contributed by atoms with E-state index in [2.05, 4.69) is 27.5 Å². The maximum absolute atomic E-state index is 12.9. The van der Waals surface area contributed by atoms with Crippen LogP contribution in [0.3, 0.4) is 0 Å². The summed E-state index contributed by atoms with van der Waals surface area (Å²) in [6.45, 7) is 5.28. The first-order chi connectivity index (χ1) is 11.6. The van der Waals surface area contributed by atoms with Crippen LogP contribution in [-0.2, 0) is 13.0 Å². The van der Waals surface area contributed by atoms with Crippen molar-refractivity contribution >= 4 is 17.3 Å². The average Bonchev–Trinajstić information content (AvgIpc) is 3.05. The predicted octanol–water partition coefficient (Wildman–Crippen LogP) is 2.98. The molecule has 1 atom stereocenters. The second kappa shape index (κ2) is 9.22. The third-order valence-electron chi connectivity index (χ3n) is 3.29. The molecule has 0 radical (unpaired) electrons. The van der Waals surface area contributed by atoms with Gasteiger partial charge in [-0.25, -0.2) is 9.37 Å². The molecule has 0 fully saturated rings. The highest BCUT2D eigenvalue weighted by Gasteiger charge is 2.07. The highest BCUT2D eigenvalue weighted by molar-refractivity contribution is 7.11. The largest absolute Gasteiger partial charge is 0.489 e. The first-order valence-corrected chi connectivity index (χ1v) is 8.72. The number of aromatic nitrogens is 1. The number of rotatable bonds is 7. The van der Waals surface area contributed by atoms with Gasteiger partial charge in [-0.2, -0.15) is 0 Å². The van der Waals surface area contributed by atoms with Gasteiger partial charge in [0.15, 0.2) is 5.96 Å². The minimum atomic E-state index is -0.272. The van der Waals surface area contributed by atoms with Crippen molar-refractivity contribution in [2.24, 2.45) is 4.99 Å². The van der Waals surface area contributed by atoms with Crippen LogP contribution in [-0.4, -0.2) is 30.6 Å². The summed E-state index contributed by atoms with van der Waals surface area (Å²) in [4.78, 5) is 9.83. The Bertz CT molecular complexity index is 657. The fraction of sp³-hybridized carbons (Fsp3) is 0.412. The highest BCUT2D eigenvalue weighted by Crippen LogP contribution is 2.13. The molecule has 2 aromatic rings. The van der Waals surface area contributed by atoms with Crippen LogP contribution in [0, 0.1) is 5.82 Å². The van der Waals surface area contributed by atoms with E-state index in [9.17, 15) is 4.39 Å². The van der Waals surface area contributed by atoms with Gasteiger partial charge < -0.3 is 15.4 Å². The molecular formula is C17H23FN4OS. The molecule has 7 heteroatoms. The van der Waals surface area contributed by atoms with Gasteiger partial charge in [-0.05, 0) is 37.6 Å². The zero-order valence-electron chi connectivity index (χ0n) is 14.2. The number of halogens is 1. The molecule has 130 valence electrons. The monoisotopic (exact) mass is 350 g/mol. The van der Waals surface area contributed by atoms with Gasteiger partial charge in [0.1, 0.15) is 22.7 Å². The number of nitrogens with one attached hydrogen (secondary N) is 2. The maximum atomic E-state index is 12.9. The summed E-state index contributed by atoms with van der Waals surface area (Å²) in [6.07, 6.45) is 2.83.